The molecule has 0 bridgehead atoms. The molecule has 0 spiro atoms. The van der Waals surface area contributed by atoms with E-state index >= 15 is 0 Å². The van der Waals surface area contributed by atoms with Gasteiger partial charge in [0, 0.05) is 17.1 Å². The standard InChI is InChI=1S/C16H10N2O2/c17-8-10-5-3-7-13(16(19)20)14(10)15-12-6-2-1-4-11(12)9-18-15/h1-7,9,18H,(H,19,20). The fourth-order valence-electron chi connectivity index (χ4n) is 2.38. The van der Waals surface area contributed by atoms with E-state index in [0.717, 1.165) is 10.8 Å². The SMILES string of the molecule is N#Cc1cccc(C(=O)O)c1-c1[nH]cc2ccccc12. The predicted molar refractivity (Wildman–Crippen MR) is 75.4 cm³/mol. The van der Waals surface area contributed by atoms with Crippen molar-refractivity contribution >= 4 is 16.7 Å². The molecule has 2 aromatic carbocycles. The highest BCUT2D eigenvalue weighted by Crippen LogP contribution is 2.32. The second kappa shape index (κ2) is 4.56. The van der Waals surface area contributed by atoms with Gasteiger partial charge >= 0.3 is 5.97 Å². The number of carboxylic acid groups (broad SMARTS) is 1. The van der Waals surface area contributed by atoms with Crippen molar-refractivity contribution in [1.82, 2.24) is 4.98 Å². The van der Waals surface area contributed by atoms with Gasteiger partial charge in [0.25, 0.3) is 0 Å². The Bertz CT molecular complexity index is 856. The highest BCUT2D eigenvalue weighted by Gasteiger charge is 2.18. The van der Waals surface area contributed by atoms with Gasteiger partial charge in [-0.2, -0.15) is 5.26 Å². The number of hydrogen-bond donors (Lipinski definition) is 2. The van der Waals surface area contributed by atoms with Crippen molar-refractivity contribution in [3.63, 3.8) is 0 Å². The van der Waals surface area contributed by atoms with Gasteiger partial charge in [0.15, 0.2) is 0 Å². The van der Waals surface area contributed by atoms with Crippen molar-refractivity contribution in [3.05, 3.63) is 59.8 Å². The number of hydrogen-bond acceptors (Lipinski definition) is 2. The fraction of sp³-hybridized carbons (Fsp3) is 0. The number of carboxylic acids is 1. The Hall–Kier alpha value is -3.06. The smallest absolute Gasteiger partial charge is 0.336 e. The lowest BCUT2D eigenvalue weighted by atomic mass is 9.97. The Balaban J connectivity index is 2.40. The van der Waals surface area contributed by atoms with E-state index in [0.29, 0.717) is 16.8 Å². The molecule has 0 amide bonds. The summed E-state index contributed by atoms with van der Waals surface area (Å²) < 4.78 is 0. The Morgan fingerprint density at radius 2 is 1.95 bits per heavy atom. The second-order valence-corrected chi connectivity index (χ2v) is 4.40. The zero-order valence-corrected chi connectivity index (χ0v) is 10.4. The van der Waals surface area contributed by atoms with Crippen molar-refractivity contribution in [1.29, 1.82) is 5.26 Å². The Morgan fingerprint density at radius 3 is 2.70 bits per heavy atom. The van der Waals surface area contributed by atoms with Gasteiger partial charge in [-0.15, -0.1) is 0 Å². The van der Waals surface area contributed by atoms with E-state index in [9.17, 15) is 15.2 Å². The van der Waals surface area contributed by atoms with Crippen LogP contribution in [-0.2, 0) is 0 Å². The number of benzene rings is 2. The molecule has 4 nitrogen and oxygen atoms in total. The third-order valence-corrected chi connectivity index (χ3v) is 3.27. The minimum atomic E-state index is -1.05. The fourth-order valence-corrected chi connectivity index (χ4v) is 2.38. The molecule has 3 aromatic rings. The number of aromatic amines is 1. The zero-order chi connectivity index (χ0) is 14.1. The Morgan fingerprint density at radius 1 is 1.15 bits per heavy atom. The van der Waals surface area contributed by atoms with Gasteiger partial charge < -0.3 is 10.1 Å². The highest BCUT2D eigenvalue weighted by molar-refractivity contribution is 6.04. The third kappa shape index (κ3) is 1.73. The van der Waals surface area contributed by atoms with Crippen LogP contribution < -0.4 is 0 Å². The largest absolute Gasteiger partial charge is 0.478 e. The molecule has 0 aliphatic carbocycles. The maximum Gasteiger partial charge on any atom is 0.336 e. The molecule has 2 N–H and O–H groups in total. The van der Waals surface area contributed by atoms with E-state index in [1.54, 1.807) is 12.1 Å². The van der Waals surface area contributed by atoms with Crippen LogP contribution in [0.4, 0.5) is 0 Å². The average Bonchev–Trinajstić information content (AvgIpc) is 2.90. The number of nitrogens with zero attached hydrogens (tertiary/aromatic N) is 1. The average molecular weight is 262 g/mol. The highest BCUT2D eigenvalue weighted by atomic mass is 16.4. The predicted octanol–water partition coefficient (Wildman–Crippen LogP) is 3.40. The van der Waals surface area contributed by atoms with Crippen LogP contribution in [0, 0.1) is 11.3 Å². The lowest BCUT2D eigenvalue weighted by molar-refractivity contribution is 0.0697. The molecule has 0 aliphatic rings. The first-order chi connectivity index (χ1) is 9.72. The summed E-state index contributed by atoms with van der Waals surface area (Å²) in [6.07, 6.45) is 1.81. The number of rotatable bonds is 2. The van der Waals surface area contributed by atoms with Gasteiger partial charge in [0.1, 0.15) is 0 Å². The number of H-pyrrole nitrogens is 1. The normalized spacial score (nSPS) is 10.3. The van der Waals surface area contributed by atoms with Crippen molar-refractivity contribution in [2.75, 3.05) is 0 Å². The quantitative estimate of drug-likeness (QED) is 0.743. The summed E-state index contributed by atoms with van der Waals surface area (Å²) in [6.45, 7) is 0. The number of aromatic nitrogens is 1. The lowest BCUT2D eigenvalue weighted by Gasteiger charge is -2.07. The van der Waals surface area contributed by atoms with Gasteiger partial charge in [-0.1, -0.05) is 30.3 Å². The van der Waals surface area contributed by atoms with E-state index in [1.165, 1.54) is 6.07 Å². The maximum atomic E-state index is 11.4. The molecule has 20 heavy (non-hydrogen) atoms. The van der Waals surface area contributed by atoms with Crippen molar-refractivity contribution in [3.8, 4) is 17.3 Å². The van der Waals surface area contributed by atoms with Crippen LogP contribution in [0.25, 0.3) is 22.0 Å². The van der Waals surface area contributed by atoms with Crippen LogP contribution >= 0.6 is 0 Å². The van der Waals surface area contributed by atoms with Crippen LogP contribution in [-0.4, -0.2) is 16.1 Å². The molecule has 3 rings (SSSR count). The molecule has 0 unspecified atom stereocenters. The van der Waals surface area contributed by atoms with Crippen LogP contribution in [0.5, 0.6) is 0 Å². The minimum absolute atomic E-state index is 0.122. The topological polar surface area (TPSA) is 76.9 Å². The summed E-state index contributed by atoms with van der Waals surface area (Å²) in [5.74, 6) is -1.05. The van der Waals surface area contributed by atoms with Crippen molar-refractivity contribution in [2.24, 2.45) is 0 Å². The van der Waals surface area contributed by atoms with Crippen molar-refractivity contribution in [2.45, 2.75) is 0 Å². The summed E-state index contributed by atoms with van der Waals surface area (Å²) >= 11 is 0. The molecule has 0 atom stereocenters. The van der Waals surface area contributed by atoms with Gasteiger partial charge in [0.2, 0.25) is 0 Å². The molecular weight excluding hydrogens is 252 g/mol. The van der Waals surface area contributed by atoms with E-state index in [1.807, 2.05) is 30.5 Å². The number of nitriles is 1. The van der Waals surface area contributed by atoms with Gasteiger partial charge in [-0.3, -0.25) is 0 Å². The molecule has 0 aliphatic heterocycles. The minimum Gasteiger partial charge on any atom is -0.478 e. The summed E-state index contributed by atoms with van der Waals surface area (Å²) in [7, 11) is 0. The molecule has 0 radical (unpaired) electrons. The molecule has 0 saturated heterocycles. The lowest BCUT2D eigenvalue weighted by Crippen LogP contribution is -2.01. The third-order valence-electron chi connectivity index (χ3n) is 3.27. The summed E-state index contributed by atoms with van der Waals surface area (Å²) in [6, 6.07) is 14.4. The monoisotopic (exact) mass is 262 g/mol. The number of aromatic carboxylic acids is 1. The Labute approximate surface area is 114 Å². The van der Waals surface area contributed by atoms with E-state index in [-0.39, 0.29) is 5.56 Å². The molecule has 0 fully saturated rings. The van der Waals surface area contributed by atoms with E-state index in [4.69, 9.17) is 0 Å². The molecule has 0 saturated carbocycles. The first kappa shape index (κ1) is 12.0. The summed E-state index contributed by atoms with van der Waals surface area (Å²) in [5.41, 5.74) is 1.56. The van der Waals surface area contributed by atoms with Crippen LogP contribution in [0.15, 0.2) is 48.7 Å². The second-order valence-electron chi connectivity index (χ2n) is 4.40. The molecular formula is C16H10N2O2. The maximum absolute atomic E-state index is 11.4. The summed E-state index contributed by atoms with van der Waals surface area (Å²) in [4.78, 5) is 14.5. The van der Waals surface area contributed by atoms with Crippen LogP contribution in [0.1, 0.15) is 15.9 Å². The Kier molecular flexibility index (Phi) is 2.73. The van der Waals surface area contributed by atoms with E-state index in [2.05, 4.69) is 11.1 Å². The van der Waals surface area contributed by atoms with Crippen LogP contribution in [0.3, 0.4) is 0 Å². The van der Waals surface area contributed by atoms with Crippen molar-refractivity contribution < 1.29 is 9.90 Å². The van der Waals surface area contributed by atoms with Gasteiger partial charge in [-0.25, -0.2) is 4.79 Å². The first-order valence-corrected chi connectivity index (χ1v) is 6.05. The number of fused-ring (bicyclic) bond motifs is 1. The molecule has 1 heterocycles. The van der Waals surface area contributed by atoms with E-state index < -0.39 is 5.97 Å². The zero-order valence-electron chi connectivity index (χ0n) is 10.4. The molecule has 96 valence electrons. The van der Waals surface area contributed by atoms with Crippen LogP contribution in [0.2, 0.25) is 0 Å². The van der Waals surface area contributed by atoms with Gasteiger partial charge in [0.05, 0.1) is 22.9 Å². The number of nitrogens with one attached hydrogen (secondary N) is 1. The number of carbonyl (C=O) groups is 1. The van der Waals surface area contributed by atoms with Gasteiger partial charge in [-0.05, 0) is 17.5 Å². The first-order valence-electron chi connectivity index (χ1n) is 6.05. The molecule has 4 heteroatoms. The molecule has 1 aromatic heterocycles. The summed E-state index contributed by atoms with van der Waals surface area (Å²) in [5, 5.41) is 20.5.